The highest BCUT2D eigenvalue weighted by atomic mass is 79.9. The Labute approximate surface area is 127 Å². The lowest BCUT2D eigenvalue weighted by atomic mass is 9.84. The van der Waals surface area contributed by atoms with E-state index >= 15 is 0 Å². The number of halogens is 1. The lowest BCUT2D eigenvalue weighted by Gasteiger charge is -2.24. The molecule has 1 atom stereocenters. The summed E-state index contributed by atoms with van der Waals surface area (Å²) < 4.78 is 0.761. The van der Waals surface area contributed by atoms with E-state index in [1.54, 1.807) is 18.2 Å². The SMILES string of the molecule is CC(C)(C)CC(CNc1ccc(C#N)cc1Br)C(=O)O. The Morgan fingerprint density at radius 3 is 2.60 bits per heavy atom. The molecule has 5 heteroatoms. The van der Waals surface area contributed by atoms with Crippen molar-refractivity contribution in [1.29, 1.82) is 5.26 Å². The summed E-state index contributed by atoms with van der Waals surface area (Å²) in [6.45, 7) is 6.44. The maximum Gasteiger partial charge on any atom is 0.308 e. The van der Waals surface area contributed by atoms with Crippen molar-refractivity contribution in [2.45, 2.75) is 27.2 Å². The van der Waals surface area contributed by atoms with Crippen LogP contribution in [0, 0.1) is 22.7 Å². The van der Waals surface area contributed by atoms with Gasteiger partial charge < -0.3 is 10.4 Å². The number of carbonyl (C=O) groups is 1. The minimum Gasteiger partial charge on any atom is -0.481 e. The van der Waals surface area contributed by atoms with Crippen molar-refractivity contribution >= 4 is 27.6 Å². The van der Waals surface area contributed by atoms with E-state index in [4.69, 9.17) is 5.26 Å². The molecule has 4 nitrogen and oxygen atoms in total. The molecule has 108 valence electrons. The Hall–Kier alpha value is -1.54. The van der Waals surface area contributed by atoms with E-state index in [-0.39, 0.29) is 5.41 Å². The Balaban J connectivity index is 2.73. The first-order chi connectivity index (χ1) is 9.23. The van der Waals surface area contributed by atoms with E-state index in [1.165, 1.54) is 0 Å². The van der Waals surface area contributed by atoms with Crippen molar-refractivity contribution in [3.63, 3.8) is 0 Å². The maximum atomic E-state index is 11.3. The Morgan fingerprint density at radius 2 is 2.15 bits per heavy atom. The highest BCUT2D eigenvalue weighted by Crippen LogP contribution is 2.27. The summed E-state index contributed by atoms with van der Waals surface area (Å²) in [5.74, 6) is -1.24. The molecule has 1 aromatic rings. The number of aliphatic carboxylic acids is 1. The van der Waals surface area contributed by atoms with Crippen LogP contribution in [0.4, 0.5) is 5.69 Å². The van der Waals surface area contributed by atoms with E-state index in [9.17, 15) is 9.90 Å². The van der Waals surface area contributed by atoms with Crippen LogP contribution in [0.3, 0.4) is 0 Å². The third-order valence-electron chi connectivity index (χ3n) is 2.85. The smallest absolute Gasteiger partial charge is 0.308 e. The number of nitrogens with one attached hydrogen (secondary N) is 1. The molecule has 0 aliphatic carbocycles. The second-order valence-electron chi connectivity index (χ2n) is 5.99. The Kier molecular flexibility index (Phi) is 5.58. The molecule has 0 radical (unpaired) electrons. The number of carboxylic acid groups (broad SMARTS) is 1. The zero-order valence-corrected chi connectivity index (χ0v) is 13.5. The zero-order valence-electron chi connectivity index (χ0n) is 11.9. The van der Waals surface area contributed by atoms with Crippen LogP contribution >= 0.6 is 15.9 Å². The van der Waals surface area contributed by atoms with Crippen molar-refractivity contribution in [3.8, 4) is 6.07 Å². The lowest BCUT2D eigenvalue weighted by Crippen LogP contribution is -2.27. The van der Waals surface area contributed by atoms with Gasteiger partial charge in [-0.1, -0.05) is 20.8 Å². The average molecular weight is 339 g/mol. The van der Waals surface area contributed by atoms with Crippen LogP contribution in [-0.2, 0) is 4.79 Å². The van der Waals surface area contributed by atoms with Gasteiger partial charge in [0.05, 0.1) is 17.6 Å². The van der Waals surface area contributed by atoms with Gasteiger partial charge in [0, 0.05) is 16.7 Å². The van der Waals surface area contributed by atoms with Crippen LogP contribution in [0.1, 0.15) is 32.8 Å². The van der Waals surface area contributed by atoms with E-state index in [0.717, 1.165) is 10.2 Å². The van der Waals surface area contributed by atoms with E-state index in [1.807, 2.05) is 20.8 Å². The van der Waals surface area contributed by atoms with Crippen molar-refractivity contribution in [1.82, 2.24) is 0 Å². The van der Waals surface area contributed by atoms with Gasteiger partial charge >= 0.3 is 5.97 Å². The highest BCUT2D eigenvalue weighted by Gasteiger charge is 2.24. The minimum atomic E-state index is -0.794. The second kappa shape index (κ2) is 6.76. The summed E-state index contributed by atoms with van der Waals surface area (Å²) in [4.78, 5) is 11.3. The van der Waals surface area contributed by atoms with Crippen LogP contribution in [-0.4, -0.2) is 17.6 Å². The fraction of sp³-hybridized carbons (Fsp3) is 0.467. The standard InChI is InChI=1S/C15H19BrN2O2/c1-15(2,3)7-11(14(19)20)9-18-13-5-4-10(8-17)6-12(13)16/h4-6,11,18H,7,9H2,1-3H3,(H,19,20). The molecule has 0 aliphatic heterocycles. The average Bonchev–Trinajstić information content (AvgIpc) is 2.33. The topological polar surface area (TPSA) is 73.1 Å². The predicted molar refractivity (Wildman–Crippen MR) is 82.5 cm³/mol. The Morgan fingerprint density at radius 1 is 1.50 bits per heavy atom. The largest absolute Gasteiger partial charge is 0.481 e. The van der Waals surface area contributed by atoms with Gasteiger partial charge in [0.25, 0.3) is 0 Å². The third-order valence-corrected chi connectivity index (χ3v) is 3.50. The molecule has 2 N–H and O–H groups in total. The molecule has 0 bridgehead atoms. The van der Waals surface area contributed by atoms with Gasteiger partial charge in [-0.05, 0) is 46.0 Å². The molecule has 1 rings (SSSR count). The normalized spacial score (nSPS) is 12.6. The molecule has 1 aromatic carbocycles. The first-order valence-electron chi connectivity index (χ1n) is 6.39. The van der Waals surface area contributed by atoms with Gasteiger partial charge in [0.2, 0.25) is 0 Å². The third kappa shape index (κ3) is 5.22. The van der Waals surface area contributed by atoms with E-state index in [0.29, 0.717) is 18.5 Å². The Bertz CT molecular complexity index is 530. The van der Waals surface area contributed by atoms with Crippen molar-refractivity contribution in [3.05, 3.63) is 28.2 Å². The number of hydrogen-bond acceptors (Lipinski definition) is 3. The van der Waals surface area contributed by atoms with Crippen LogP contribution in [0.25, 0.3) is 0 Å². The van der Waals surface area contributed by atoms with Gasteiger partial charge in [-0.3, -0.25) is 4.79 Å². The van der Waals surface area contributed by atoms with E-state index in [2.05, 4.69) is 27.3 Å². The summed E-state index contributed by atoms with van der Waals surface area (Å²) in [5, 5.41) is 21.2. The monoisotopic (exact) mass is 338 g/mol. The van der Waals surface area contributed by atoms with Gasteiger partial charge in [-0.2, -0.15) is 5.26 Å². The fourth-order valence-electron chi connectivity index (χ4n) is 1.95. The molecule has 0 fully saturated rings. The summed E-state index contributed by atoms with van der Waals surface area (Å²) in [6.07, 6.45) is 0.600. The molecule has 20 heavy (non-hydrogen) atoms. The van der Waals surface area contributed by atoms with Crippen molar-refractivity contribution in [2.24, 2.45) is 11.3 Å². The van der Waals surface area contributed by atoms with Crippen molar-refractivity contribution in [2.75, 3.05) is 11.9 Å². The van der Waals surface area contributed by atoms with Gasteiger partial charge in [0.1, 0.15) is 0 Å². The highest BCUT2D eigenvalue weighted by molar-refractivity contribution is 9.10. The van der Waals surface area contributed by atoms with Crippen LogP contribution in [0.5, 0.6) is 0 Å². The molecule has 0 aromatic heterocycles. The quantitative estimate of drug-likeness (QED) is 0.854. The number of benzene rings is 1. The fourth-order valence-corrected chi connectivity index (χ4v) is 2.47. The summed E-state index contributed by atoms with van der Waals surface area (Å²) in [7, 11) is 0. The van der Waals surface area contributed by atoms with E-state index < -0.39 is 11.9 Å². The van der Waals surface area contributed by atoms with Gasteiger partial charge in [0.15, 0.2) is 0 Å². The predicted octanol–water partition coefficient (Wildman–Crippen LogP) is 3.87. The van der Waals surface area contributed by atoms with Crippen LogP contribution in [0.15, 0.2) is 22.7 Å². The molecule has 0 saturated carbocycles. The van der Waals surface area contributed by atoms with Crippen LogP contribution in [0.2, 0.25) is 0 Å². The van der Waals surface area contributed by atoms with Crippen molar-refractivity contribution < 1.29 is 9.90 Å². The lowest BCUT2D eigenvalue weighted by molar-refractivity contribution is -0.142. The summed E-state index contributed by atoms with van der Waals surface area (Å²) in [5.41, 5.74) is 1.32. The molecule has 0 saturated heterocycles. The molecular weight excluding hydrogens is 320 g/mol. The number of nitrogens with zero attached hydrogens (tertiary/aromatic N) is 1. The summed E-state index contributed by atoms with van der Waals surface area (Å²) in [6, 6.07) is 7.24. The summed E-state index contributed by atoms with van der Waals surface area (Å²) >= 11 is 3.38. The first kappa shape index (κ1) is 16.5. The van der Waals surface area contributed by atoms with Gasteiger partial charge in [-0.15, -0.1) is 0 Å². The number of hydrogen-bond donors (Lipinski definition) is 2. The maximum absolute atomic E-state index is 11.3. The van der Waals surface area contributed by atoms with Gasteiger partial charge in [-0.25, -0.2) is 0 Å². The second-order valence-corrected chi connectivity index (χ2v) is 6.84. The molecule has 0 amide bonds. The first-order valence-corrected chi connectivity index (χ1v) is 7.18. The number of rotatable bonds is 5. The van der Waals surface area contributed by atoms with Crippen LogP contribution < -0.4 is 5.32 Å². The number of carboxylic acids is 1. The molecular formula is C15H19BrN2O2. The molecule has 0 aliphatic rings. The zero-order chi connectivity index (χ0) is 15.3. The number of anilines is 1. The molecule has 1 unspecified atom stereocenters. The minimum absolute atomic E-state index is 0.0351. The number of nitriles is 1. The molecule has 0 spiro atoms. The molecule has 0 heterocycles.